The molecule has 0 amide bonds. The van der Waals surface area contributed by atoms with E-state index in [0.717, 1.165) is 0 Å². The van der Waals surface area contributed by atoms with E-state index >= 15 is 0 Å². The van der Waals surface area contributed by atoms with Crippen LogP contribution in [0.5, 0.6) is 0 Å². The van der Waals surface area contributed by atoms with Crippen molar-refractivity contribution in [3.8, 4) is 23.3 Å². The van der Waals surface area contributed by atoms with Crippen LogP contribution in [0.4, 0.5) is 8.78 Å². The minimum atomic E-state index is -1.17. The van der Waals surface area contributed by atoms with E-state index in [4.69, 9.17) is 10.5 Å². The Bertz CT molecular complexity index is 694. The maximum absolute atomic E-state index is 13.8. The first-order valence-electron chi connectivity index (χ1n) is 5.06. The van der Waals surface area contributed by atoms with Gasteiger partial charge in [-0.05, 0) is 29.8 Å². The molecule has 0 spiro atoms. The van der Waals surface area contributed by atoms with Crippen LogP contribution in [0.2, 0.25) is 0 Å². The number of halogens is 2. The molecule has 2 nitrogen and oxygen atoms in total. The summed E-state index contributed by atoms with van der Waals surface area (Å²) in [7, 11) is 0. The monoisotopic (exact) mass is 240 g/mol. The van der Waals surface area contributed by atoms with Crippen molar-refractivity contribution in [2.75, 3.05) is 0 Å². The second kappa shape index (κ2) is 4.65. The van der Waals surface area contributed by atoms with Crippen LogP contribution in [-0.2, 0) is 0 Å². The van der Waals surface area contributed by atoms with Crippen molar-refractivity contribution in [3.63, 3.8) is 0 Å². The Hall–Kier alpha value is -2.72. The van der Waals surface area contributed by atoms with Crippen LogP contribution in [0.1, 0.15) is 11.1 Å². The zero-order chi connectivity index (χ0) is 13.1. The molecule has 0 atom stereocenters. The fraction of sp³-hybridized carbons (Fsp3) is 0. The Morgan fingerprint density at radius 2 is 1.67 bits per heavy atom. The van der Waals surface area contributed by atoms with Crippen molar-refractivity contribution in [3.05, 3.63) is 59.2 Å². The standard InChI is InChI=1S/C14H6F2N2/c15-13-11(8-18)4-5-12(14(13)16)10-3-1-2-9(6-10)7-17/h1-6H. The molecular formula is C14H6F2N2. The maximum Gasteiger partial charge on any atom is 0.177 e. The number of nitriles is 2. The first kappa shape index (κ1) is 11.8. The first-order chi connectivity index (χ1) is 8.67. The molecule has 0 unspecified atom stereocenters. The van der Waals surface area contributed by atoms with E-state index in [1.165, 1.54) is 18.2 Å². The van der Waals surface area contributed by atoms with Gasteiger partial charge in [0, 0.05) is 5.56 Å². The number of benzene rings is 2. The summed E-state index contributed by atoms with van der Waals surface area (Å²) in [5.41, 5.74) is 0.447. The number of hydrogen-bond acceptors (Lipinski definition) is 2. The number of rotatable bonds is 1. The minimum absolute atomic E-state index is 0.0311. The molecule has 0 aliphatic carbocycles. The lowest BCUT2D eigenvalue weighted by Crippen LogP contribution is -1.94. The molecule has 0 radical (unpaired) electrons. The fourth-order valence-electron chi connectivity index (χ4n) is 1.62. The van der Waals surface area contributed by atoms with Crippen LogP contribution in [-0.4, -0.2) is 0 Å². The van der Waals surface area contributed by atoms with E-state index in [0.29, 0.717) is 11.1 Å². The topological polar surface area (TPSA) is 47.6 Å². The van der Waals surface area contributed by atoms with Gasteiger partial charge in [-0.1, -0.05) is 12.1 Å². The van der Waals surface area contributed by atoms with Gasteiger partial charge >= 0.3 is 0 Å². The third-order valence-corrected chi connectivity index (χ3v) is 2.51. The van der Waals surface area contributed by atoms with Crippen LogP contribution in [0.15, 0.2) is 36.4 Å². The number of hydrogen-bond donors (Lipinski definition) is 0. The van der Waals surface area contributed by atoms with E-state index < -0.39 is 11.6 Å². The van der Waals surface area contributed by atoms with E-state index in [9.17, 15) is 8.78 Å². The molecule has 86 valence electrons. The summed E-state index contributed by atoms with van der Waals surface area (Å²) in [5, 5.41) is 17.3. The highest BCUT2D eigenvalue weighted by Crippen LogP contribution is 2.26. The summed E-state index contributed by atoms with van der Waals surface area (Å²) in [6.07, 6.45) is 0. The van der Waals surface area contributed by atoms with Crippen LogP contribution < -0.4 is 0 Å². The van der Waals surface area contributed by atoms with Crippen molar-refractivity contribution < 1.29 is 8.78 Å². The van der Waals surface area contributed by atoms with E-state index in [1.807, 2.05) is 6.07 Å². The lowest BCUT2D eigenvalue weighted by molar-refractivity contribution is 0.509. The molecule has 0 N–H and O–H groups in total. The van der Waals surface area contributed by atoms with Gasteiger partial charge in [0.1, 0.15) is 6.07 Å². The predicted molar refractivity (Wildman–Crippen MR) is 61.2 cm³/mol. The van der Waals surface area contributed by atoms with Gasteiger partial charge in [0.2, 0.25) is 0 Å². The molecule has 0 aromatic heterocycles. The van der Waals surface area contributed by atoms with Crippen molar-refractivity contribution in [2.45, 2.75) is 0 Å². The lowest BCUT2D eigenvalue weighted by atomic mass is 10.0. The molecule has 0 fully saturated rings. The van der Waals surface area contributed by atoms with Crippen molar-refractivity contribution in [2.24, 2.45) is 0 Å². The van der Waals surface area contributed by atoms with Gasteiger partial charge in [-0.15, -0.1) is 0 Å². The zero-order valence-corrected chi connectivity index (χ0v) is 9.11. The Labute approximate surface area is 102 Å². The molecule has 0 aliphatic heterocycles. The molecule has 0 saturated carbocycles. The first-order valence-corrected chi connectivity index (χ1v) is 5.06. The van der Waals surface area contributed by atoms with Gasteiger partial charge in [-0.25, -0.2) is 8.78 Å². The fourth-order valence-corrected chi connectivity index (χ4v) is 1.62. The SMILES string of the molecule is N#Cc1cccc(-c2ccc(C#N)c(F)c2F)c1. The van der Waals surface area contributed by atoms with Crippen molar-refractivity contribution in [1.82, 2.24) is 0 Å². The van der Waals surface area contributed by atoms with Crippen molar-refractivity contribution in [1.29, 1.82) is 10.5 Å². The van der Waals surface area contributed by atoms with Gasteiger partial charge in [0.05, 0.1) is 17.2 Å². The summed E-state index contributed by atoms with van der Waals surface area (Å²) in [6, 6.07) is 12.2. The second-order valence-corrected chi connectivity index (χ2v) is 3.59. The molecule has 0 aliphatic rings. The minimum Gasteiger partial charge on any atom is -0.203 e. The molecule has 0 heterocycles. The second-order valence-electron chi connectivity index (χ2n) is 3.59. The van der Waals surface area contributed by atoms with E-state index in [2.05, 4.69) is 0 Å². The molecule has 2 aromatic carbocycles. The third-order valence-electron chi connectivity index (χ3n) is 2.51. The Balaban J connectivity index is 2.63. The molecule has 2 aromatic rings. The molecule has 0 bridgehead atoms. The zero-order valence-electron chi connectivity index (χ0n) is 9.11. The van der Waals surface area contributed by atoms with Crippen LogP contribution in [0.25, 0.3) is 11.1 Å². The highest BCUT2D eigenvalue weighted by atomic mass is 19.2. The summed E-state index contributed by atoms with van der Waals surface area (Å²) in [5.74, 6) is -2.25. The lowest BCUT2D eigenvalue weighted by Gasteiger charge is -2.05. The summed E-state index contributed by atoms with van der Waals surface area (Å²) < 4.78 is 27.2. The van der Waals surface area contributed by atoms with Crippen LogP contribution >= 0.6 is 0 Å². The average molecular weight is 240 g/mol. The maximum atomic E-state index is 13.8. The predicted octanol–water partition coefficient (Wildman–Crippen LogP) is 3.38. The van der Waals surface area contributed by atoms with Crippen molar-refractivity contribution >= 4 is 0 Å². The summed E-state index contributed by atoms with van der Waals surface area (Å²) in [4.78, 5) is 0. The molecule has 0 saturated heterocycles. The largest absolute Gasteiger partial charge is 0.203 e. The normalized spacial score (nSPS) is 9.56. The van der Waals surface area contributed by atoms with Gasteiger partial charge < -0.3 is 0 Å². The average Bonchev–Trinajstić information content (AvgIpc) is 2.42. The van der Waals surface area contributed by atoms with E-state index in [1.54, 1.807) is 24.3 Å². The molecular weight excluding hydrogens is 234 g/mol. The Morgan fingerprint density at radius 3 is 2.33 bits per heavy atom. The van der Waals surface area contributed by atoms with Gasteiger partial charge in [-0.3, -0.25) is 0 Å². The quantitative estimate of drug-likeness (QED) is 0.767. The van der Waals surface area contributed by atoms with Crippen LogP contribution in [0, 0.1) is 34.3 Å². The highest BCUT2D eigenvalue weighted by molar-refractivity contribution is 5.66. The molecule has 4 heteroatoms. The molecule has 2 rings (SSSR count). The van der Waals surface area contributed by atoms with Gasteiger partial charge in [0.25, 0.3) is 0 Å². The number of nitrogens with zero attached hydrogens (tertiary/aromatic N) is 2. The Morgan fingerprint density at radius 1 is 0.889 bits per heavy atom. The third kappa shape index (κ3) is 1.92. The molecule has 18 heavy (non-hydrogen) atoms. The smallest absolute Gasteiger partial charge is 0.177 e. The highest BCUT2D eigenvalue weighted by Gasteiger charge is 2.14. The summed E-state index contributed by atoms with van der Waals surface area (Å²) in [6.45, 7) is 0. The van der Waals surface area contributed by atoms with Gasteiger partial charge in [-0.2, -0.15) is 10.5 Å². The van der Waals surface area contributed by atoms with E-state index in [-0.39, 0.29) is 11.1 Å². The van der Waals surface area contributed by atoms with Crippen LogP contribution in [0.3, 0.4) is 0 Å². The van der Waals surface area contributed by atoms with Gasteiger partial charge in [0.15, 0.2) is 11.6 Å². The Kier molecular flexibility index (Phi) is 3.03. The summed E-state index contributed by atoms with van der Waals surface area (Å²) >= 11 is 0.